The van der Waals surface area contributed by atoms with Crippen LogP contribution in [0.25, 0.3) is 0 Å². The Labute approximate surface area is 98.8 Å². The van der Waals surface area contributed by atoms with Crippen LogP contribution < -0.4 is 5.32 Å². The van der Waals surface area contributed by atoms with Gasteiger partial charge in [-0.15, -0.1) is 0 Å². The van der Waals surface area contributed by atoms with E-state index >= 15 is 0 Å². The van der Waals surface area contributed by atoms with Gasteiger partial charge in [0.05, 0.1) is 6.54 Å². The molecule has 1 heterocycles. The van der Waals surface area contributed by atoms with Crippen molar-refractivity contribution in [2.24, 2.45) is 0 Å². The third kappa shape index (κ3) is 2.96. The van der Waals surface area contributed by atoms with Crippen LogP contribution in [0, 0.1) is 0 Å². The molecule has 0 fully saturated rings. The minimum Gasteiger partial charge on any atom is -0.480 e. The lowest BCUT2D eigenvalue weighted by Crippen LogP contribution is -2.53. The number of likely N-dealkylation sites (N-methyl/N-ethyl adjacent to an activating group) is 1. The molecule has 0 aliphatic rings. The number of aromatic amines is 1. The molecule has 0 radical (unpaired) electrons. The van der Waals surface area contributed by atoms with Crippen LogP contribution in [-0.4, -0.2) is 44.6 Å². The molecule has 7 heteroatoms. The van der Waals surface area contributed by atoms with E-state index in [1.807, 2.05) is 0 Å². The quantitative estimate of drug-likeness (QED) is 0.710. The molecule has 0 aliphatic carbocycles. The normalized spacial score (nSPS) is 11.0. The summed E-state index contributed by atoms with van der Waals surface area (Å²) in [4.78, 5) is 30.6. The molecule has 0 saturated heterocycles. The Kier molecular flexibility index (Phi) is 3.72. The van der Waals surface area contributed by atoms with Gasteiger partial charge in [0.1, 0.15) is 11.4 Å². The number of carbonyl (C=O) groups is 2. The average Bonchev–Trinajstić information content (AvgIpc) is 2.77. The second-order valence-electron chi connectivity index (χ2n) is 4.12. The standard InChI is InChI=1S/C10H16N4O3/c1-10(2,8(15)16)14(3)9(17)13-6-7-11-4-5-12-7/h4-5H,6H2,1-3H3,(H,11,12)(H,13,17)(H,15,16). The summed E-state index contributed by atoms with van der Waals surface area (Å²) in [6.07, 6.45) is 3.22. The van der Waals surface area contributed by atoms with Crippen molar-refractivity contribution >= 4 is 12.0 Å². The number of urea groups is 1. The summed E-state index contributed by atoms with van der Waals surface area (Å²) in [6.45, 7) is 3.15. The van der Waals surface area contributed by atoms with Crippen LogP contribution in [0.3, 0.4) is 0 Å². The monoisotopic (exact) mass is 240 g/mol. The zero-order valence-electron chi connectivity index (χ0n) is 10.0. The number of aromatic nitrogens is 2. The van der Waals surface area contributed by atoms with E-state index in [2.05, 4.69) is 15.3 Å². The molecule has 1 rings (SSSR count). The maximum atomic E-state index is 11.7. The fourth-order valence-corrected chi connectivity index (χ4v) is 1.07. The molecule has 0 saturated carbocycles. The Morgan fingerprint density at radius 1 is 1.59 bits per heavy atom. The molecular formula is C10H16N4O3. The van der Waals surface area contributed by atoms with Gasteiger partial charge in [0.2, 0.25) is 0 Å². The van der Waals surface area contributed by atoms with Crippen molar-refractivity contribution in [1.82, 2.24) is 20.2 Å². The van der Waals surface area contributed by atoms with E-state index in [4.69, 9.17) is 5.11 Å². The van der Waals surface area contributed by atoms with Crippen LogP contribution in [0.1, 0.15) is 19.7 Å². The largest absolute Gasteiger partial charge is 0.480 e. The molecule has 2 amide bonds. The van der Waals surface area contributed by atoms with Crippen LogP contribution in [0.5, 0.6) is 0 Å². The molecule has 94 valence electrons. The first kappa shape index (κ1) is 13.0. The first-order valence-corrected chi connectivity index (χ1v) is 5.09. The van der Waals surface area contributed by atoms with Gasteiger partial charge in [0.15, 0.2) is 0 Å². The molecule has 0 aromatic carbocycles. The third-order valence-corrected chi connectivity index (χ3v) is 2.63. The molecule has 0 bridgehead atoms. The van der Waals surface area contributed by atoms with E-state index in [9.17, 15) is 9.59 Å². The molecule has 0 atom stereocenters. The average molecular weight is 240 g/mol. The van der Waals surface area contributed by atoms with Gasteiger partial charge in [-0.1, -0.05) is 0 Å². The third-order valence-electron chi connectivity index (χ3n) is 2.63. The highest BCUT2D eigenvalue weighted by atomic mass is 16.4. The summed E-state index contributed by atoms with van der Waals surface area (Å²) in [7, 11) is 1.44. The minimum absolute atomic E-state index is 0.228. The minimum atomic E-state index is -1.26. The van der Waals surface area contributed by atoms with Crippen molar-refractivity contribution in [2.45, 2.75) is 25.9 Å². The van der Waals surface area contributed by atoms with Crippen molar-refractivity contribution in [3.8, 4) is 0 Å². The number of nitrogens with one attached hydrogen (secondary N) is 2. The van der Waals surface area contributed by atoms with Crippen molar-refractivity contribution in [3.05, 3.63) is 18.2 Å². The number of imidazole rings is 1. The molecule has 17 heavy (non-hydrogen) atoms. The topological polar surface area (TPSA) is 98.3 Å². The van der Waals surface area contributed by atoms with Crippen molar-refractivity contribution < 1.29 is 14.7 Å². The van der Waals surface area contributed by atoms with Crippen molar-refractivity contribution in [3.63, 3.8) is 0 Å². The summed E-state index contributed by atoms with van der Waals surface area (Å²) in [6, 6.07) is -0.464. The number of rotatable bonds is 4. The summed E-state index contributed by atoms with van der Waals surface area (Å²) in [5.41, 5.74) is -1.26. The highest BCUT2D eigenvalue weighted by molar-refractivity contribution is 5.85. The lowest BCUT2D eigenvalue weighted by atomic mass is 10.1. The summed E-state index contributed by atoms with van der Waals surface area (Å²) in [5, 5.41) is 11.5. The highest BCUT2D eigenvalue weighted by Crippen LogP contribution is 2.12. The number of carbonyl (C=O) groups excluding carboxylic acids is 1. The number of nitrogens with zero attached hydrogens (tertiary/aromatic N) is 2. The van der Waals surface area contributed by atoms with Gasteiger partial charge in [-0.2, -0.15) is 0 Å². The first-order chi connectivity index (χ1) is 7.85. The molecule has 1 aromatic rings. The van der Waals surface area contributed by atoms with Crippen LogP contribution in [0.15, 0.2) is 12.4 Å². The van der Waals surface area contributed by atoms with Crippen molar-refractivity contribution in [2.75, 3.05) is 7.05 Å². The Bertz CT molecular complexity index is 400. The smallest absolute Gasteiger partial charge is 0.329 e. The van der Waals surface area contributed by atoms with Gasteiger partial charge in [0, 0.05) is 19.4 Å². The summed E-state index contributed by atoms with van der Waals surface area (Å²) in [5.74, 6) is -0.451. The molecule has 1 aromatic heterocycles. The van der Waals surface area contributed by atoms with Gasteiger partial charge in [0.25, 0.3) is 0 Å². The number of H-pyrrole nitrogens is 1. The Hall–Kier alpha value is -2.05. The number of carboxylic acids is 1. The Morgan fingerprint density at radius 2 is 2.24 bits per heavy atom. The number of amides is 2. The Morgan fingerprint density at radius 3 is 2.71 bits per heavy atom. The molecule has 7 nitrogen and oxygen atoms in total. The molecule has 0 spiro atoms. The zero-order valence-corrected chi connectivity index (χ0v) is 10.0. The van der Waals surface area contributed by atoms with Crippen molar-refractivity contribution in [1.29, 1.82) is 0 Å². The second kappa shape index (κ2) is 4.86. The summed E-state index contributed by atoms with van der Waals surface area (Å²) < 4.78 is 0. The lowest BCUT2D eigenvalue weighted by molar-refractivity contribution is -0.146. The number of hydrogen-bond donors (Lipinski definition) is 3. The van der Waals surface area contributed by atoms with Gasteiger partial charge < -0.3 is 20.3 Å². The van der Waals surface area contributed by atoms with E-state index in [-0.39, 0.29) is 6.54 Å². The van der Waals surface area contributed by atoms with Gasteiger partial charge >= 0.3 is 12.0 Å². The van der Waals surface area contributed by atoms with E-state index < -0.39 is 17.5 Å². The van der Waals surface area contributed by atoms with Crippen LogP contribution in [0.4, 0.5) is 4.79 Å². The van der Waals surface area contributed by atoms with E-state index in [1.54, 1.807) is 12.4 Å². The predicted octanol–water partition coefficient (Wildman–Crippen LogP) is 0.414. The first-order valence-electron chi connectivity index (χ1n) is 5.09. The predicted molar refractivity (Wildman–Crippen MR) is 60.3 cm³/mol. The number of aliphatic carboxylic acids is 1. The maximum Gasteiger partial charge on any atom is 0.329 e. The maximum absolute atomic E-state index is 11.7. The number of carboxylic acid groups (broad SMARTS) is 1. The Balaban J connectivity index is 2.56. The van der Waals surface area contributed by atoms with Gasteiger partial charge in [-0.25, -0.2) is 14.6 Å². The number of hydrogen-bond acceptors (Lipinski definition) is 3. The molecule has 0 aliphatic heterocycles. The van der Waals surface area contributed by atoms with Crippen LogP contribution in [-0.2, 0) is 11.3 Å². The zero-order chi connectivity index (χ0) is 13.1. The summed E-state index contributed by atoms with van der Waals surface area (Å²) >= 11 is 0. The van der Waals surface area contributed by atoms with Gasteiger partial charge in [-0.05, 0) is 13.8 Å². The second-order valence-corrected chi connectivity index (χ2v) is 4.12. The van der Waals surface area contributed by atoms with Gasteiger partial charge in [-0.3, -0.25) is 0 Å². The van der Waals surface area contributed by atoms with E-state index in [1.165, 1.54) is 20.9 Å². The lowest BCUT2D eigenvalue weighted by Gasteiger charge is -2.31. The molecular weight excluding hydrogens is 224 g/mol. The van der Waals surface area contributed by atoms with E-state index in [0.717, 1.165) is 4.90 Å². The van der Waals surface area contributed by atoms with E-state index in [0.29, 0.717) is 5.82 Å². The molecule has 0 unspecified atom stereocenters. The highest BCUT2D eigenvalue weighted by Gasteiger charge is 2.35. The molecule has 3 N–H and O–H groups in total. The van der Waals surface area contributed by atoms with Crippen LogP contribution in [0.2, 0.25) is 0 Å². The van der Waals surface area contributed by atoms with Crippen LogP contribution >= 0.6 is 0 Å². The SMILES string of the molecule is CN(C(=O)NCc1ncc[nH]1)C(C)(C)C(=O)O. The fraction of sp³-hybridized carbons (Fsp3) is 0.500. The fourth-order valence-electron chi connectivity index (χ4n) is 1.07.